The van der Waals surface area contributed by atoms with Gasteiger partial charge in [0, 0.05) is 0 Å². The predicted molar refractivity (Wildman–Crippen MR) is 161 cm³/mol. The van der Waals surface area contributed by atoms with E-state index in [-0.39, 0.29) is 22.9 Å². The minimum atomic E-state index is -0.649. The van der Waals surface area contributed by atoms with Crippen LogP contribution in [0.5, 0.6) is 0 Å². The largest absolute Gasteiger partial charge is 0.390 e. The van der Waals surface area contributed by atoms with Crippen molar-refractivity contribution in [3.8, 4) is 0 Å². The number of nitrogens with zero attached hydrogens (tertiary/aromatic N) is 6. The van der Waals surface area contributed by atoms with Crippen molar-refractivity contribution in [1.82, 2.24) is 29.5 Å². The monoisotopic (exact) mass is 580 g/mol. The Balaban J connectivity index is 1.42. The molecule has 40 heavy (non-hydrogen) atoms. The lowest BCUT2D eigenvalue weighted by molar-refractivity contribution is 0.00542. The summed E-state index contributed by atoms with van der Waals surface area (Å²) in [6.45, 7) is 12.2. The second-order valence-corrected chi connectivity index (χ2v) is 13.9. The summed E-state index contributed by atoms with van der Waals surface area (Å²) in [5.41, 5.74) is 1.62. The molecular formula is C30H40N6O2S2. The Labute approximate surface area is 245 Å². The minimum absolute atomic E-state index is 0.290. The third-order valence-corrected chi connectivity index (χ3v) is 9.67. The topological polar surface area (TPSA) is 102 Å². The van der Waals surface area contributed by atoms with Crippen molar-refractivity contribution in [1.29, 1.82) is 0 Å². The highest BCUT2D eigenvalue weighted by Gasteiger charge is 2.36. The molecule has 0 saturated heterocycles. The van der Waals surface area contributed by atoms with Crippen LogP contribution in [0, 0.1) is 10.8 Å². The fourth-order valence-electron chi connectivity index (χ4n) is 5.26. The minimum Gasteiger partial charge on any atom is -0.390 e. The Bertz CT molecular complexity index is 1240. The summed E-state index contributed by atoms with van der Waals surface area (Å²) in [7, 11) is 2.83. The molecule has 0 spiro atoms. The summed E-state index contributed by atoms with van der Waals surface area (Å²) in [6, 6.07) is 19.9. The van der Waals surface area contributed by atoms with Crippen molar-refractivity contribution in [2.75, 3.05) is 0 Å². The zero-order valence-corrected chi connectivity index (χ0v) is 25.7. The Morgan fingerprint density at radius 1 is 0.650 bits per heavy atom. The first kappa shape index (κ1) is 30.3. The summed E-state index contributed by atoms with van der Waals surface area (Å²) >= 11 is 0. The fraction of sp³-hybridized carbons (Fsp3) is 0.467. The summed E-state index contributed by atoms with van der Waals surface area (Å²) in [5.74, 6) is 0. The zero-order chi connectivity index (χ0) is 28.9. The maximum Gasteiger partial charge on any atom is 0.197 e. The lowest BCUT2D eigenvalue weighted by atomic mass is 9.78. The Morgan fingerprint density at radius 2 is 1.00 bits per heavy atom. The highest BCUT2D eigenvalue weighted by atomic mass is 33.1. The number of benzene rings is 2. The molecule has 4 atom stereocenters. The second kappa shape index (κ2) is 12.9. The number of hydrogen-bond donors (Lipinski definition) is 2. The van der Waals surface area contributed by atoms with Crippen LogP contribution in [-0.2, 0) is 12.8 Å². The van der Waals surface area contributed by atoms with Crippen LogP contribution < -0.4 is 0 Å². The molecule has 214 valence electrons. The van der Waals surface area contributed by atoms with Gasteiger partial charge in [0.2, 0.25) is 0 Å². The van der Waals surface area contributed by atoms with E-state index < -0.39 is 12.2 Å². The van der Waals surface area contributed by atoms with Crippen LogP contribution in [0.4, 0.5) is 0 Å². The molecule has 4 unspecified atom stereocenters. The maximum absolute atomic E-state index is 11.4. The number of aromatic nitrogens is 6. The molecule has 0 fully saturated rings. The molecule has 2 N–H and O–H groups in total. The van der Waals surface area contributed by atoms with Crippen molar-refractivity contribution in [2.45, 2.75) is 89.0 Å². The summed E-state index contributed by atoms with van der Waals surface area (Å²) in [5, 5.41) is 32.9. The molecule has 0 saturated carbocycles. The molecule has 2 aromatic heterocycles. The van der Waals surface area contributed by atoms with Gasteiger partial charge in [-0.2, -0.15) is 10.2 Å². The molecule has 4 rings (SSSR count). The fourth-order valence-corrected chi connectivity index (χ4v) is 7.33. The second-order valence-electron chi connectivity index (χ2n) is 11.8. The molecule has 10 heteroatoms. The first-order chi connectivity index (χ1) is 19.0. The molecule has 0 amide bonds. The number of aliphatic hydroxyl groups is 2. The van der Waals surface area contributed by atoms with E-state index in [1.807, 2.05) is 50.2 Å². The van der Waals surface area contributed by atoms with E-state index in [9.17, 15) is 10.2 Å². The van der Waals surface area contributed by atoms with Crippen molar-refractivity contribution < 1.29 is 10.2 Å². The number of aliphatic hydroxyl groups excluding tert-OH is 2. The van der Waals surface area contributed by atoms with Crippen molar-refractivity contribution in [3.63, 3.8) is 0 Å². The van der Waals surface area contributed by atoms with E-state index in [2.05, 4.69) is 72.1 Å². The standard InChI is InChI=1S/C30H40N6O2S2/c1-21(25(37)29(3,4)17-23-13-9-7-10-14-23)35-27(31-19-33-35)39-40-28-32-20-34-36(28)22(2)26(38)30(5,6)18-24-15-11-8-12-16-24/h7-16,19-22,25-26,37-38H,17-18H2,1-6H3. The molecule has 0 radical (unpaired) electrons. The van der Waals surface area contributed by atoms with Gasteiger partial charge < -0.3 is 10.2 Å². The highest BCUT2D eigenvalue weighted by molar-refractivity contribution is 8.76. The highest BCUT2D eigenvalue weighted by Crippen LogP contribution is 2.40. The quantitative estimate of drug-likeness (QED) is 0.184. The zero-order valence-electron chi connectivity index (χ0n) is 24.0. The molecule has 0 bridgehead atoms. The van der Waals surface area contributed by atoms with Crippen molar-refractivity contribution >= 4 is 21.6 Å². The summed E-state index contributed by atoms with van der Waals surface area (Å²) < 4.78 is 3.55. The third kappa shape index (κ3) is 7.15. The first-order valence-corrected chi connectivity index (χ1v) is 15.7. The van der Waals surface area contributed by atoms with E-state index in [1.54, 1.807) is 9.36 Å². The van der Waals surface area contributed by atoms with Gasteiger partial charge in [-0.05, 0) is 70.2 Å². The Kier molecular flexibility index (Phi) is 9.76. The van der Waals surface area contributed by atoms with Gasteiger partial charge in [0.25, 0.3) is 0 Å². The van der Waals surface area contributed by atoms with E-state index in [0.29, 0.717) is 10.3 Å². The van der Waals surface area contributed by atoms with Gasteiger partial charge in [-0.3, -0.25) is 0 Å². The van der Waals surface area contributed by atoms with Gasteiger partial charge in [0.1, 0.15) is 12.7 Å². The van der Waals surface area contributed by atoms with Gasteiger partial charge in [0.05, 0.1) is 24.3 Å². The van der Waals surface area contributed by atoms with Crippen LogP contribution in [0.1, 0.15) is 64.8 Å². The van der Waals surface area contributed by atoms with E-state index in [1.165, 1.54) is 45.4 Å². The molecule has 0 aliphatic carbocycles. The van der Waals surface area contributed by atoms with Gasteiger partial charge >= 0.3 is 0 Å². The van der Waals surface area contributed by atoms with Crippen LogP contribution >= 0.6 is 21.6 Å². The predicted octanol–water partition coefficient (Wildman–Crippen LogP) is 6.05. The third-order valence-electron chi connectivity index (χ3n) is 7.56. The van der Waals surface area contributed by atoms with Gasteiger partial charge in [-0.1, -0.05) is 88.4 Å². The number of rotatable bonds is 13. The Morgan fingerprint density at radius 3 is 1.35 bits per heavy atom. The average Bonchev–Trinajstić information content (AvgIpc) is 3.60. The SMILES string of the molecule is CC(C(O)C(C)(C)Cc1ccccc1)n1ncnc1SSc1ncnn1C(C)C(O)C(C)(C)Cc1ccccc1. The molecule has 0 aliphatic rings. The van der Waals surface area contributed by atoms with Gasteiger partial charge in [-0.25, -0.2) is 19.3 Å². The normalized spacial score (nSPS) is 15.5. The van der Waals surface area contributed by atoms with E-state index in [0.717, 1.165) is 12.8 Å². The molecule has 2 aromatic carbocycles. The van der Waals surface area contributed by atoms with Crippen LogP contribution in [0.25, 0.3) is 0 Å². The summed E-state index contributed by atoms with van der Waals surface area (Å²) in [4.78, 5) is 8.91. The van der Waals surface area contributed by atoms with Crippen LogP contribution in [0.3, 0.4) is 0 Å². The van der Waals surface area contributed by atoms with Crippen LogP contribution in [-0.4, -0.2) is 51.9 Å². The van der Waals surface area contributed by atoms with Gasteiger partial charge in [-0.15, -0.1) is 0 Å². The average molecular weight is 581 g/mol. The smallest absolute Gasteiger partial charge is 0.197 e. The summed E-state index contributed by atoms with van der Waals surface area (Å²) in [6.07, 6.45) is 3.22. The molecular weight excluding hydrogens is 541 g/mol. The Hall–Kier alpha value is -2.66. The maximum atomic E-state index is 11.4. The van der Waals surface area contributed by atoms with E-state index in [4.69, 9.17) is 0 Å². The first-order valence-electron chi connectivity index (χ1n) is 13.6. The molecule has 4 aromatic rings. The lowest BCUT2D eigenvalue weighted by Gasteiger charge is -2.35. The van der Waals surface area contributed by atoms with Crippen molar-refractivity contribution in [2.24, 2.45) is 10.8 Å². The van der Waals surface area contributed by atoms with Crippen LogP contribution in [0.15, 0.2) is 83.6 Å². The number of hydrogen-bond acceptors (Lipinski definition) is 8. The van der Waals surface area contributed by atoms with Gasteiger partial charge in [0.15, 0.2) is 10.3 Å². The van der Waals surface area contributed by atoms with Crippen LogP contribution in [0.2, 0.25) is 0 Å². The molecule has 2 heterocycles. The lowest BCUT2D eigenvalue weighted by Crippen LogP contribution is -2.38. The van der Waals surface area contributed by atoms with E-state index >= 15 is 0 Å². The molecule has 0 aliphatic heterocycles. The van der Waals surface area contributed by atoms with Crippen molar-refractivity contribution in [3.05, 3.63) is 84.4 Å². The molecule has 8 nitrogen and oxygen atoms in total.